The van der Waals surface area contributed by atoms with Gasteiger partial charge in [-0.15, -0.1) is 0 Å². The average Bonchev–Trinajstić information content (AvgIpc) is 2.85. The minimum absolute atomic E-state index is 0.0122. The number of hydrogen-bond donors (Lipinski definition) is 1. The normalized spacial score (nSPS) is 23.4. The SMILES string of the molecule is Cc1ccccc1S(=O)(=O)N1CCCCN2[C@H](CO)C(c3ccc(-c4cnc(F)c(C)c4)cc3)[C@@H]2C1. The fourth-order valence-corrected chi connectivity index (χ4v) is 7.45. The third-order valence-electron chi connectivity index (χ3n) is 7.69. The van der Waals surface area contributed by atoms with Gasteiger partial charge in [0.15, 0.2) is 0 Å². The van der Waals surface area contributed by atoms with Crippen LogP contribution < -0.4 is 0 Å². The van der Waals surface area contributed by atoms with E-state index >= 15 is 0 Å². The molecule has 2 aliphatic heterocycles. The lowest BCUT2D eigenvalue weighted by molar-refractivity contribution is -0.0553. The minimum atomic E-state index is -3.63. The number of halogens is 1. The van der Waals surface area contributed by atoms with E-state index in [2.05, 4.69) is 9.88 Å². The molecule has 1 aromatic heterocycles. The van der Waals surface area contributed by atoms with E-state index in [0.29, 0.717) is 23.5 Å². The molecule has 0 saturated carbocycles. The van der Waals surface area contributed by atoms with Gasteiger partial charge in [-0.2, -0.15) is 8.70 Å². The number of fused-ring (bicyclic) bond motifs is 1. The molecule has 3 aromatic rings. The van der Waals surface area contributed by atoms with Crippen LogP contribution in [0.4, 0.5) is 4.39 Å². The predicted molar refractivity (Wildman–Crippen MR) is 138 cm³/mol. The van der Waals surface area contributed by atoms with Crippen molar-refractivity contribution in [3.05, 3.63) is 83.4 Å². The maximum absolute atomic E-state index is 13.6. The molecular weight excluding hydrogens is 477 g/mol. The molecule has 36 heavy (non-hydrogen) atoms. The zero-order valence-corrected chi connectivity index (χ0v) is 21.5. The first-order valence-electron chi connectivity index (χ1n) is 12.5. The van der Waals surface area contributed by atoms with Crippen molar-refractivity contribution in [3.63, 3.8) is 0 Å². The highest BCUT2D eigenvalue weighted by Crippen LogP contribution is 2.43. The van der Waals surface area contributed by atoms with Crippen LogP contribution in [-0.4, -0.2) is 66.0 Å². The molecule has 1 unspecified atom stereocenters. The number of rotatable bonds is 5. The summed E-state index contributed by atoms with van der Waals surface area (Å²) in [5.74, 6) is -0.449. The van der Waals surface area contributed by atoms with Crippen molar-refractivity contribution in [2.24, 2.45) is 0 Å². The molecular formula is C28H32FN3O3S. The van der Waals surface area contributed by atoms with Gasteiger partial charge in [0.1, 0.15) is 0 Å². The first-order valence-corrected chi connectivity index (χ1v) is 13.9. The topological polar surface area (TPSA) is 73.7 Å². The van der Waals surface area contributed by atoms with Gasteiger partial charge in [-0.05, 0) is 62.1 Å². The van der Waals surface area contributed by atoms with Crippen molar-refractivity contribution in [1.82, 2.24) is 14.2 Å². The lowest BCUT2D eigenvalue weighted by Crippen LogP contribution is -2.67. The second-order valence-corrected chi connectivity index (χ2v) is 11.8. The third-order valence-corrected chi connectivity index (χ3v) is 9.71. The number of benzene rings is 2. The Balaban J connectivity index is 1.43. The van der Waals surface area contributed by atoms with Gasteiger partial charge in [-0.1, -0.05) is 42.5 Å². The molecule has 2 aliphatic rings. The van der Waals surface area contributed by atoms with Crippen molar-refractivity contribution < 1.29 is 17.9 Å². The van der Waals surface area contributed by atoms with Crippen LogP contribution in [0.3, 0.4) is 0 Å². The second-order valence-electron chi connectivity index (χ2n) is 9.87. The first kappa shape index (κ1) is 25.0. The van der Waals surface area contributed by atoms with Crippen LogP contribution in [0.5, 0.6) is 0 Å². The number of aliphatic hydroxyl groups excluding tert-OH is 1. The van der Waals surface area contributed by atoms with Gasteiger partial charge in [-0.3, -0.25) is 4.90 Å². The average molecular weight is 510 g/mol. The summed E-state index contributed by atoms with van der Waals surface area (Å²) >= 11 is 0. The van der Waals surface area contributed by atoms with Gasteiger partial charge >= 0.3 is 0 Å². The Morgan fingerprint density at radius 1 is 1.00 bits per heavy atom. The number of aryl methyl sites for hydroxylation is 2. The van der Waals surface area contributed by atoms with Crippen molar-refractivity contribution in [3.8, 4) is 11.1 Å². The summed E-state index contributed by atoms with van der Waals surface area (Å²) in [4.78, 5) is 6.46. The predicted octanol–water partition coefficient (Wildman–Crippen LogP) is 4.12. The molecule has 2 fully saturated rings. The van der Waals surface area contributed by atoms with E-state index in [1.54, 1.807) is 29.4 Å². The molecule has 3 heterocycles. The summed E-state index contributed by atoms with van der Waals surface area (Å²) in [6, 6.07) is 16.9. The van der Waals surface area contributed by atoms with Crippen LogP contribution in [0.2, 0.25) is 0 Å². The van der Waals surface area contributed by atoms with Gasteiger partial charge in [0, 0.05) is 48.4 Å². The van der Waals surface area contributed by atoms with Crippen molar-refractivity contribution in [1.29, 1.82) is 0 Å². The molecule has 1 N–H and O–H groups in total. The zero-order chi connectivity index (χ0) is 25.4. The number of aromatic nitrogens is 1. The fraction of sp³-hybridized carbons (Fsp3) is 0.393. The Morgan fingerprint density at radius 3 is 2.42 bits per heavy atom. The summed E-state index contributed by atoms with van der Waals surface area (Å²) in [5.41, 5.74) is 4.09. The molecule has 0 amide bonds. The largest absolute Gasteiger partial charge is 0.395 e. The van der Waals surface area contributed by atoms with E-state index in [1.807, 2.05) is 43.3 Å². The standard InChI is InChI=1S/C28H32FN3O3S/c1-19-7-3-4-8-26(19)36(34,35)31-13-5-6-14-32-24(17-31)27(25(32)18-33)22-11-9-21(10-12-22)23-15-20(2)28(29)30-16-23/h3-4,7-12,15-16,24-25,27,33H,5-6,13-14,17-18H2,1-2H3/t24-,25+,27?/m0/s1. The molecule has 0 bridgehead atoms. The third kappa shape index (κ3) is 4.47. The molecule has 0 aliphatic carbocycles. The number of hydrogen-bond acceptors (Lipinski definition) is 5. The molecule has 3 atom stereocenters. The molecule has 2 aromatic carbocycles. The minimum Gasteiger partial charge on any atom is -0.395 e. The van der Waals surface area contributed by atoms with Gasteiger partial charge in [-0.25, -0.2) is 13.4 Å². The second kappa shape index (κ2) is 10.0. The van der Waals surface area contributed by atoms with Crippen LogP contribution in [0.15, 0.2) is 65.7 Å². The van der Waals surface area contributed by atoms with Crippen LogP contribution in [-0.2, 0) is 10.0 Å². The Bertz CT molecular complexity index is 1350. The summed E-state index contributed by atoms with van der Waals surface area (Å²) in [7, 11) is -3.63. The maximum atomic E-state index is 13.6. The van der Waals surface area contributed by atoms with Crippen molar-refractivity contribution >= 4 is 10.0 Å². The molecule has 190 valence electrons. The Kier molecular flexibility index (Phi) is 6.96. The Labute approximate surface area is 212 Å². The maximum Gasteiger partial charge on any atom is 0.243 e. The van der Waals surface area contributed by atoms with Crippen molar-refractivity contribution in [2.45, 2.75) is 49.6 Å². The quantitative estimate of drug-likeness (QED) is 0.524. The zero-order valence-electron chi connectivity index (χ0n) is 20.6. The molecule has 5 rings (SSSR count). The number of aliphatic hydroxyl groups is 1. The van der Waals surface area contributed by atoms with E-state index < -0.39 is 16.0 Å². The van der Waals surface area contributed by atoms with Crippen LogP contribution in [0, 0.1) is 19.8 Å². The highest BCUT2D eigenvalue weighted by Gasteiger charge is 2.50. The van der Waals surface area contributed by atoms with Gasteiger partial charge in [0.05, 0.1) is 11.5 Å². The van der Waals surface area contributed by atoms with E-state index in [-0.39, 0.29) is 24.6 Å². The highest BCUT2D eigenvalue weighted by molar-refractivity contribution is 7.89. The molecule has 0 spiro atoms. The van der Waals surface area contributed by atoms with Crippen molar-refractivity contribution in [2.75, 3.05) is 26.2 Å². The molecule has 6 nitrogen and oxygen atoms in total. The van der Waals surface area contributed by atoms with Crippen LogP contribution in [0.25, 0.3) is 11.1 Å². The summed E-state index contributed by atoms with van der Waals surface area (Å²) in [6.45, 7) is 5.28. The Hall–Kier alpha value is -2.65. The lowest BCUT2D eigenvalue weighted by Gasteiger charge is -2.57. The van der Waals surface area contributed by atoms with E-state index in [1.165, 1.54) is 6.20 Å². The van der Waals surface area contributed by atoms with E-state index in [4.69, 9.17) is 0 Å². The van der Waals surface area contributed by atoms with Crippen LogP contribution >= 0.6 is 0 Å². The molecule has 8 heteroatoms. The van der Waals surface area contributed by atoms with Gasteiger partial charge in [0.25, 0.3) is 0 Å². The summed E-state index contributed by atoms with van der Waals surface area (Å²) in [6.07, 6.45) is 3.20. The summed E-state index contributed by atoms with van der Waals surface area (Å²) < 4.78 is 42.5. The highest BCUT2D eigenvalue weighted by atomic mass is 32.2. The smallest absolute Gasteiger partial charge is 0.243 e. The lowest BCUT2D eigenvalue weighted by atomic mass is 9.74. The molecule has 2 saturated heterocycles. The number of pyridine rings is 1. The number of nitrogens with zero attached hydrogens (tertiary/aromatic N) is 3. The molecule has 0 radical (unpaired) electrons. The Morgan fingerprint density at radius 2 is 1.72 bits per heavy atom. The fourth-order valence-electron chi connectivity index (χ4n) is 5.73. The van der Waals surface area contributed by atoms with Gasteiger partial charge < -0.3 is 5.11 Å². The van der Waals surface area contributed by atoms with E-state index in [0.717, 1.165) is 41.6 Å². The van der Waals surface area contributed by atoms with E-state index in [9.17, 15) is 17.9 Å². The first-order chi connectivity index (χ1) is 17.3. The van der Waals surface area contributed by atoms with Crippen LogP contribution in [0.1, 0.15) is 35.4 Å². The van der Waals surface area contributed by atoms with Gasteiger partial charge in [0.2, 0.25) is 16.0 Å². The number of sulfonamides is 1. The summed E-state index contributed by atoms with van der Waals surface area (Å²) in [5, 5.41) is 10.2. The monoisotopic (exact) mass is 509 g/mol.